The predicted octanol–water partition coefficient (Wildman–Crippen LogP) is 2.91. The average Bonchev–Trinajstić information content (AvgIpc) is 2.42. The van der Waals surface area contributed by atoms with Gasteiger partial charge in [0.05, 0.1) is 5.41 Å². The number of ether oxygens (including phenoxy) is 2. The van der Waals surface area contributed by atoms with Crippen molar-refractivity contribution in [2.24, 2.45) is 5.41 Å². The van der Waals surface area contributed by atoms with Crippen LogP contribution in [0.3, 0.4) is 0 Å². The SMILES string of the molecule is COCCCCC1(C(=O)O)CCCN(C(=O)OC(C)(C)C)C1. The predicted molar refractivity (Wildman–Crippen MR) is 82.8 cm³/mol. The van der Waals surface area contributed by atoms with Crippen LogP contribution in [0.15, 0.2) is 0 Å². The Morgan fingerprint density at radius 3 is 2.50 bits per heavy atom. The zero-order chi connectivity index (χ0) is 16.8. The lowest BCUT2D eigenvalue weighted by atomic mass is 9.76. The van der Waals surface area contributed by atoms with Crippen molar-refractivity contribution in [1.82, 2.24) is 4.90 Å². The van der Waals surface area contributed by atoms with Crippen LogP contribution in [0, 0.1) is 5.41 Å². The number of methoxy groups -OCH3 is 1. The summed E-state index contributed by atoms with van der Waals surface area (Å²) < 4.78 is 10.4. The molecule has 6 nitrogen and oxygen atoms in total. The minimum absolute atomic E-state index is 0.226. The first-order chi connectivity index (χ1) is 10.2. The summed E-state index contributed by atoms with van der Waals surface area (Å²) in [6.45, 7) is 6.84. The average molecular weight is 315 g/mol. The molecule has 1 atom stereocenters. The van der Waals surface area contributed by atoms with E-state index in [4.69, 9.17) is 9.47 Å². The first kappa shape index (κ1) is 18.7. The van der Waals surface area contributed by atoms with Crippen molar-refractivity contribution in [3.05, 3.63) is 0 Å². The topological polar surface area (TPSA) is 76.1 Å². The highest BCUT2D eigenvalue weighted by Gasteiger charge is 2.43. The van der Waals surface area contributed by atoms with Crippen LogP contribution in [0.2, 0.25) is 0 Å². The Balaban J connectivity index is 2.70. The van der Waals surface area contributed by atoms with E-state index in [0.29, 0.717) is 32.4 Å². The van der Waals surface area contributed by atoms with Gasteiger partial charge < -0.3 is 19.5 Å². The summed E-state index contributed by atoms with van der Waals surface area (Å²) in [6, 6.07) is 0. The van der Waals surface area contributed by atoms with E-state index in [0.717, 1.165) is 12.8 Å². The van der Waals surface area contributed by atoms with Gasteiger partial charge in [0.2, 0.25) is 0 Å². The minimum Gasteiger partial charge on any atom is -0.481 e. The van der Waals surface area contributed by atoms with Gasteiger partial charge in [0, 0.05) is 26.8 Å². The number of aliphatic carboxylic acids is 1. The van der Waals surface area contributed by atoms with Gasteiger partial charge in [0.25, 0.3) is 0 Å². The zero-order valence-corrected chi connectivity index (χ0v) is 14.2. The molecule has 1 amide bonds. The summed E-state index contributed by atoms with van der Waals surface area (Å²) in [5.41, 5.74) is -1.43. The molecule has 0 saturated carbocycles. The van der Waals surface area contributed by atoms with Crippen LogP contribution in [-0.2, 0) is 14.3 Å². The van der Waals surface area contributed by atoms with Crippen LogP contribution in [0.25, 0.3) is 0 Å². The molecule has 22 heavy (non-hydrogen) atoms. The fourth-order valence-corrected chi connectivity index (χ4v) is 2.81. The molecule has 1 aliphatic rings. The standard InChI is InChI=1S/C16H29NO5/c1-15(2,3)22-14(20)17-10-7-9-16(12-17,13(18)19)8-5-6-11-21-4/h5-12H2,1-4H3,(H,18,19). The smallest absolute Gasteiger partial charge is 0.410 e. The van der Waals surface area contributed by atoms with Gasteiger partial charge in [-0.3, -0.25) is 4.79 Å². The third-order valence-corrected chi connectivity index (χ3v) is 3.94. The molecule has 0 spiro atoms. The number of carboxylic acid groups (broad SMARTS) is 1. The van der Waals surface area contributed by atoms with Gasteiger partial charge in [-0.1, -0.05) is 0 Å². The molecule has 1 heterocycles. The van der Waals surface area contributed by atoms with E-state index in [1.807, 2.05) is 20.8 Å². The highest BCUT2D eigenvalue weighted by molar-refractivity contribution is 5.77. The molecular formula is C16H29NO5. The van der Waals surface area contributed by atoms with E-state index in [1.165, 1.54) is 0 Å². The van der Waals surface area contributed by atoms with Crippen molar-refractivity contribution >= 4 is 12.1 Å². The molecule has 0 aromatic heterocycles. The van der Waals surface area contributed by atoms with Gasteiger partial charge in [0.1, 0.15) is 5.60 Å². The number of carboxylic acids is 1. The molecule has 128 valence electrons. The largest absolute Gasteiger partial charge is 0.481 e. The summed E-state index contributed by atoms with van der Waals surface area (Å²) in [4.78, 5) is 25.5. The Labute approximate surface area is 132 Å². The molecule has 1 N–H and O–H groups in total. The number of nitrogens with zero attached hydrogens (tertiary/aromatic N) is 1. The number of rotatable bonds is 6. The van der Waals surface area contributed by atoms with Crippen molar-refractivity contribution in [1.29, 1.82) is 0 Å². The maximum absolute atomic E-state index is 12.2. The van der Waals surface area contributed by atoms with E-state index in [9.17, 15) is 14.7 Å². The molecule has 1 fully saturated rings. The normalized spacial score (nSPS) is 22.5. The molecule has 1 aliphatic heterocycles. The van der Waals surface area contributed by atoms with E-state index in [1.54, 1.807) is 12.0 Å². The highest BCUT2D eigenvalue weighted by Crippen LogP contribution is 2.36. The van der Waals surface area contributed by atoms with Gasteiger partial charge in [-0.25, -0.2) is 4.79 Å². The molecule has 0 aromatic rings. The van der Waals surface area contributed by atoms with Crippen LogP contribution in [0.4, 0.5) is 4.79 Å². The number of piperidine rings is 1. The summed E-state index contributed by atoms with van der Waals surface area (Å²) >= 11 is 0. The van der Waals surface area contributed by atoms with Crippen molar-refractivity contribution in [2.75, 3.05) is 26.8 Å². The Hall–Kier alpha value is -1.30. The maximum atomic E-state index is 12.2. The lowest BCUT2D eigenvalue weighted by molar-refractivity contribution is -0.153. The molecule has 1 rings (SSSR count). The number of amides is 1. The Morgan fingerprint density at radius 1 is 1.27 bits per heavy atom. The third kappa shape index (κ3) is 5.48. The number of likely N-dealkylation sites (tertiary alicyclic amines) is 1. The Kier molecular flexibility index (Phi) is 6.66. The van der Waals surface area contributed by atoms with Crippen LogP contribution >= 0.6 is 0 Å². The minimum atomic E-state index is -0.858. The van der Waals surface area contributed by atoms with Gasteiger partial charge in [-0.2, -0.15) is 0 Å². The Bertz CT molecular complexity index is 390. The van der Waals surface area contributed by atoms with Gasteiger partial charge in [0.15, 0.2) is 0 Å². The highest BCUT2D eigenvalue weighted by atomic mass is 16.6. The van der Waals surface area contributed by atoms with Crippen LogP contribution in [0.1, 0.15) is 52.9 Å². The third-order valence-electron chi connectivity index (χ3n) is 3.94. The second-order valence-electron chi connectivity index (χ2n) is 7.04. The van der Waals surface area contributed by atoms with Crippen LogP contribution < -0.4 is 0 Å². The molecule has 0 bridgehead atoms. The molecule has 0 radical (unpaired) electrons. The molecule has 0 aromatic carbocycles. The van der Waals surface area contributed by atoms with E-state index >= 15 is 0 Å². The fraction of sp³-hybridized carbons (Fsp3) is 0.875. The maximum Gasteiger partial charge on any atom is 0.410 e. The molecular weight excluding hydrogens is 286 g/mol. The van der Waals surface area contributed by atoms with E-state index < -0.39 is 23.1 Å². The molecule has 1 saturated heterocycles. The Morgan fingerprint density at radius 2 is 1.95 bits per heavy atom. The molecule has 1 unspecified atom stereocenters. The monoisotopic (exact) mass is 315 g/mol. The lowest BCUT2D eigenvalue weighted by Gasteiger charge is -2.40. The van der Waals surface area contributed by atoms with Crippen LogP contribution in [0.5, 0.6) is 0 Å². The van der Waals surface area contributed by atoms with E-state index in [2.05, 4.69) is 0 Å². The van der Waals surface area contributed by atoms with Gasteiger partial charge in [-0.15, -0.1) is 0 Å². The first-order valence-corrected chi connectivity index (χ1v) is 7.90. The summed E-state index contributed by atoms with van der Waals surface area (Å²) in [5, 5.41) is 9.67. The number of carbonyl (C=O) groups excluding carboxylic acids is 1. The first-order valence-electron chi connectivity index (χ1n) is 7.90. The second kappa shape index (κ2) is 7.81. The lowest BCUT2D eigenvalue weighted by Crippen LogP contribution is -2.51. The molecule has 6 heteroatoms. The van der Waals surface area contributed by atoms with Crippen molar-refractivity contribution in [2.45, 2.75) is 58.5 Å². The van der Waals surface area contributed by atoms with Gasteiger partial charge in [-0.05, 0) is 52.9 Å². The zero-order valence-electron chi connectivity index (χ0n) is 14.2. The summed E-state index contributed by atoms with van der Waals surface area (Å²) in [5.74, 6) is -0.821. The van der Waals surface area contributed by atoms with E-state index in [-0.39, 0.29) is 6.54 Å². The molecule has 0 aliphatic carbocycles. The second-order valence-corrected chi connectivity index (χ2v) is 7.04. The number of carbonyl (C=O) groups is 2. The van der Waals surface area contributed by atoms with Crippen molar-refractivity contribution in [3.8, 4) is 0 Å². The van der Waals surface area contributed by atoms with Crippen molar-refractivity contribution < 1.29 is 24.2 Å². The fourth-order valence-electron chi connectivity index (χ4n) is 2.81. The quantitative estimate of drug-likeness (QED) is 0.763. The number of hydrogen-bond acceptors (Lipinski definition) is 4. The van der Waals surface area contributed by atoms with Crippen molar-refractivity contribution in [3.63, 3.8) is 0 Å². The summed E-state index contributed by atoms with van der Waals surface area (Å²) in [7, 11) is 1.64. The number of hydrogen-bond donors (Lipinski definition) is 1. The number of unbranched alkanes of at least 4 members (excludes halogenated alkanes) is 1. The van der Waals surface area contributed by atoms with Gasteiger partial charge >= 0.3 is 12.1 Å². The summed E-state index contributed by atoms with van der Waals surface area (Å²) in [6.07, 6.45) is 3.05. The van der Waals surface area contributed by atoms with Crippen LogP contribution in [-0.4, -0.2) is 54.5 Å².